The van der Waals surface area contributed by atoms with E-state index in [1.54, 1.807) is 6.92 Å². The summed E-state index contributed by atoms with van der Waals surface area (Å²) in [6.45, 7) is 3.84. The first-order chi connectivity index (χ1) is 5.49. The number of rotatable bonds is 3. The predicted molar refractivity (Wildman–Crippen MR) is 44.8 cm³/mol. The maximum Gasteiger partial charge on any atom is 0.309 e. The number of aliphatic hydroxyl groups is 1. The molecule has 0 heterocycles. The van der Waals surface area contributed by atoms with E-state index in [-0.39, 0.29) is 0 Å². The topological polar surface area (TPSA) is 57.5 Å². The Bertz CT molecular complexity index is 182. The van der Waals surface area contributed by atoms with Gasteiger partial charge in [-0.1, -0.05) is 13.8 Å². The van der Waals surface area contributed by atoms with Crippen molar-refractivity contribution >= 4 is 5.97 Å². The molecule has 0 aromatic rings. The van der Waals surface area contributed by atoms with E-state index in [0.717, 1.165) is 0 Å². The molecule has 0 bridgehead atoms. The summed E-state index contributed by atoms with van der Waals surface area (Å²) in [5, 5.41) is 18.6. The lowest BCUT2D eigenvalue weighted by Gasteiger charge is -2.45. The highest BCUT2D eigenvalue weighted by Crippen LogP contribution is 2.43. The summed E-state index contributed by atoms with van der Waals surface area (Å²) < 4.78 is 0. The van der Waals surface area contributed by atoms with Crippen molar-refractivity contribution in [2.45, 2.75) is 38.7 Å². The van der Waals surface area contributed by atoms with E-state index in [1.807, 2.05) is 6.92 Å². The number of hydrogen-bond acceptors (Lipinski definition) is 2. The predicted octanol–water partition coefficient (Wildman–Crippen LogP) is 1.26. The van der Waals surface area contributed by atoms with Crippen molar-refractivity contribution in [2.24, 2.45) is 11.8 Å². The van der Waals surface area contributed by atoms with Gasteiger partial charge in [-0.25, -0.2) is 0 Å². The van der Waals surface area contributed by atoms with Crippen molar-refractivity contribution in [3.8, 4) is 0 Å². The van der Waals surface area contributed by atoms with Crippen LogP contribution in [0.3, 0.4) is 0 Å². The van der Waals surface area contributed by atoms with Crippen LogP contribution >= 0.6 is 0 Å². The van der Waals surface area contributed by atoms with E-state index < -0.39 is 17.5 Å². The van der Waals surface area contributed by atoms with E-state index in [9.17, 15) is 9.90 Å². The second-order valence-corrected chi connectivity index (χ2v) is 3.92. The third-order valence-electron chi connectivity index (χ3n) is 2.76. The number of carbonyl (C=O) groups is 1. The van der Waals surface area contributed by atoms with Gasteiger partial charge in [0.05, 0.1) is 11.5 Å². The highest BCUT2D eigenvalue weighted by atomic mass is 16.4. The molecule has 0 amide bonds. The normalized spacial score (nSPS) is 37.1. The van der Waals surface area contributed by atoms with Crippen molar-refractivity contribution in [3.63, 3.8) is 0 Å². The van der Waals surface area contributed by atoms with Crippen LogP contribution < -0.4 is 0 Å². The Morgan fingerprint density at radius 1 is 1.67 bits per heavy atom. The Kier molecular flexibility index (Phi) is 2.42. The molecule has 1 saturated carbocycles. The van der Waals surface area contributed by atoms with E-state index in [0.29, 0.717) is 25.2 Å². The Balaban J connectivity index is 2.60. The van der Waals surface area contributed by atoms with Crippen LogP contribution in [0.2, 0.25) is 0 Å². The summed E-state index contributed by atoms with van der Waals surface area (Å²) in [7, 11) is 0. The van der Waals surface area contributed by atoms with Gasteiger partial charge in [0.2, 0.25) is 0 Å². The second-order valence-electron chi connectivity index (χ2n) is 3.92. The zero-order valence-electron chi connectivity index (χ0n) is 7.58. The molecule has 1 unspecified atom stereocenters. The average Bonchev–Trinajstić information content (AvgIpc) is 1.84. The van der Waals surface area contributed by atoms with Gasteiger partial charge in [-0.15, -0.1) is 0 Å². The third-order valence-corrected chi connectivity index (χ3v) is 2.76. The highest BCUT2D eigenvalue weighted by Gasteiger charge is 2.48. The van der Waals surface area contributed by atoms with Crippen LogP contribution in [0.4, 0.5) is 0 Å². The van der Waals surface area contributed by atoms with Gasteiger partial charge in [0.1, 0.15) is 0 Å². The molecule has 70 valence electrons. The molecule has 1 aliphatic rings. The Morgan fingerprint density at radius 3 is 2.42 bits per heavy atom. The van der Waals surface area contributed by atoms with Crippen molar-refractivity contribution in [3.05, 3.63) is 0 Å². The molecule has 12 heavy (non-hydrogen) atoms. The summed E-state index contributed by atoms with van der Waals surface area (Å²) in [5.74, 6) is -0.969. The van der Waals surface area contributed by atoms with Crippen LogP contribution in [-0.4, -0.2) is 21.8 Å². The molecular weight excluding hydrogens is 156 g/mol. The molecule has 3 heteroatoms. The van der Waals surface area contributed by atoms with Gasteiger partial charge in [0.15, 0.2) is 0 Å². The van der Waals surface area contributed by atoms with Gasteiger partial charge >= 0.3 is 5.97 Å². The zero-order valence-corrected chi connectivity index (χ0v) is 7.58. The lowest BCUT2D eigenvalue weighted by atomic mass is 9.64. The van der Waals surface area contributed by atoms with E-state index in [2.05, 4.69) is 0 Å². The molecule has 1 fully saturated rings. The lowest BCUT2D eigenvalue weighted by Crippen LogP contribution is -2.51. The minimum absolute atomic E-state index is 0.475. The number of carboxylic acid groups (broad SMARTS) is 1. The van der Waals surface area contributed by atoms with E-state index >= 15 is 0 Å². The molecule has 0 aromatic carbocycles. The molecule has 1 rings (SSSR count). The quantitative estimate of drug-likeness (QED) is 0.673. The molecule has 0 saturated heterocycles. The first-order valence-electron chi connectivity index (χ1n) is 4.44. The minimum Gasteiger partial charge on any atom is -0.481 e. The van der Waals surface area contributed by atoms with Crippen molar-refractivity contribution in [1.82, 2.24) is 0 Å². The average molecular weight is 172 g/mol. The fraction of sp³-hybridized carbons (Fsp3) is 0.889. The second kappa shape index (κ2) is 3.05. The SMILES string of the molecule is CCC(C(=O)O)C1(O)CC(C)C1. The number of aliphatic carboxylic acids is 1. The number of hydrogen-bond donors (Lipinski definition) is 2. The van der Waals surface area contributed by atoms with Crippen LogP contribution in [0.25, 0.3) is 0 Å². The third kappa shape index (κ3) is 1.46. The van der Waals surface area contributed by atoms with Gasteiger partial charge in [-0.3, -0.25) is 4.79 Å². The molecule has 0 aromatic heterocycles. The van der Waals surface area contributed by atoms with Gasteiger partial charge in [0, 0.05) is 0 Å². The Morgan fingerprint density at radius 2 is 2.17 bits per heavy atom. The maximum absolute atomic E-state index is 10.7. The van der Waals surface area contributed by atoms with Crippen LogP contribution in [-0.2, 0) is 4.79 Å². The van der Waals surface area contributed by atoms with E-state index in [4.69, 9.17) is 5.11 Å². The van der Waals surface area contributed by atoms with Crippen LogP contribution in [0.5, 0.6) is 0 Å². The summed E-state index contributed by atoms with van der Waals surface area (Å²) in [6, 6.07) is 0. The molecule has 0 spiro atoms. The standard InChI is InChI=1S/C9H16O3/c1-3-7(8(10)11)9(12)4-6(2)5-9/h6-7,12H,3-5H2,1-2H3,(H,10,11). The fourth-order valence-electron chi connectivity index (χ4n) is 2.22. The minimum atomic E-state index is -0.917. The van der Waals surface area contributed by atoms with Crippen molar-refractivity contribution in [1.29, 1.82) is 0 Å². The van der Waals surface area contributed by atoms with Crippen molar-refractivity contribution < 1.29 is 15.0 Å². The van der Waals surface area contributed by atoms with Crippen LogP contribution in [0.1, 0.15) is 33.1 Å². The molecule has 1 aliphatic carbocycles. The summed E-state index contributed by atoms with van der Waals surface area (Å²) in [6.07, 6.45) is 1.79. The molecule has 0 aliphatic heterocycles. The first-order valence-corrected chi connectivity index (χ1v) is 4.44. The Labute approximate surface area is 72.4 Å². The van der Waals surface area contributed by atoms with E-state index in [1.165, 1.54) is 0 Å². The number of carboxylic acids is 1. The monoisotopic (exact) mass is 172 g/mol. The van der Waals surface area contributed by atoms with Crippen LogP contribution in [0.15, 0.2) is 0 Å². The zero-order chi connectivity index (χ0) is 9.35. The molecule has 1 atom stereocenters. The highest BCUT2D eigenvalue weighted by molar-refractivity contribution is 5.71. The first kappa shape index (κ1) is 9.52. The Hall–Kier alpha value is -0.570. The summed E-state index contributed by atoms with van der Waals surface area (Å²) in [4.78, 5) is 10.7. The van der Waals surface area contributed by atoms with Crippen molar-refractivity contribution in [2.75, 3.05) is 0 Å². The lowest BCUT2D eigenvalue weighted by molar-refractivity contribution is -0.166. The molecule has 2 N–H and O–H groups in total. The van der Waals surface area contributed by atoms with Gasteiger partial charge in [-0.2, -0.15) is 0 Å². The largest absolute Gasteiger partial charge is 0.481 e. The van der Waals surface area contributed by atoms with Gasteiger partial charge in [-0.05, 0) is 25.2 Å². The summed E-state index contributed by atoms with van der Waals surface area (Å²) >= 11 is 0. The smallest absolute Gasteiger partial charge is 0.309 e. The fourth-order valence-corrected chi connectivity index (χ4v) is 2.22. The van der Waals surface area contributed by atoms with Crippen LogP contribution in [0, 0.1) is 11.8 Å². The molecular formula is C9H16O3. The molecule has 0 radical (unpaired) electrons. The van der Waals surface area contributed by atoms with Gasteiger partial charge < -0.3 is 10.2 Å². The molecule has 3 nitrogen and oxygen atoms in total. The van der Waals surface area contributed by atoms with Gasteiger partial charge in [0.25, 0.3) is 0 Å². The summed E-state index contributed by atoms with van der Waals surface area (Å²) in [5.41, 5.74) is -0.917. The maximum atomic E-state index is 10.7.